The van der Waals surface area contributed by atoms with E-state index in [1.807, 2.05) is 0 Å². The first-order chi connectivity index (χ1) is 13.4. The molecule has 148 valence electrons. The van der Waals surface area contributed by atoms with Crippen LogP contribution in [0.3, 0.4) is 0 Å². The molecule has 28 heavy (non-hydrogen) atoms. The number of carbonyl (C=O) groups excluding carboxylic acids is 3. The highest BCUT2D eigenvalue weighted by Gasteiger charge is 2.14. The molecule has 0 unspecified atom stereocenters. The van der Waals surface area contributed by atoms with Gasteiger partial charge >= 0.3 is 5.97 Å². The second-order valence-electron chi connectivity index (χ2n) is 5.48. The summed E-state index contributed by atoms with van der Waals surface area (Å²) in [6.07, 6.45) is 0. The quantitative estimate of drug-likeness (QED) is 0.633. The van der Waals surface area contributed by atoms with E-state index in [1.54, 1.807) is 31.2 Å². The summed E-state index contributed by atoms with van der Waals surface area (Å²) >= 11 is 11.7. The lowest BCUT2D eigenvalue weighted by Gasteiger charge is -2.10. The van der Waals surface area contributed by atoms with Gasteiger partial charge in [0.25, 0.3) is 11.8 Å². The molecule has 0 atom stereocenters. The van der Waals surface area contributed by atoms with Gasteiger partial charge in [0.2, 0.25) is 0 Å². The number of nitrogens with one attached hydrogen (secondary N) is 2. The molecule has 7 nitrogen and oxygen atoms in total. The Morgan fingerprint density at radius 3 is 2.39 bits per heavy atom. The van der Waals surface area contributed by atoms with Gasteiger partial charge in [0.1, 0.15) is 12.3 Å². The molecule has 0 radical (unpaired) electrons. The normalized spacial score (nSPS) is 10.1. The van der Waals surface area contributed by atoms with Crippen molar-refractivity contribution in [2.45, 2.75) is 6.92 Å². The zero-order valence-electron chi connectivity index (χ0n) is 15.0. The maximum Gasteiger partial charge on any atom is 0.325 e. The Balaban J connectivity index is 1.79. The fourth-order valence-corrected chi connectivity index (χ4v) is 2.73. The molecule has 0 saturated carbocycles. The molecule has 0 spiro atoms. The van der Waals surface area contributed by atoms with Crippen molar-refractivity contribution in [2.75, 3.05) is 25.1 Å². The molecule has 9 heteroatoms. The monoisotopic (exact) mass is 424 g/mol. The van der Waals surface area contributed by atoms with Gasteiger partial charge in [-0.25, -0.2) is 0 Å². The number of para-hydroxylation sites is 1. The van der Waals surface area contributed by atoms with Crippen LogP contribution in [-0.2, 0) is 14.3 Å². The zero-order chi connectivity index (χ0) is 20.5. The number of carbonyl (C=O) groups is 3. The number of anilines is 1. The molecule has 0 heterocycles. The molecule has 2 amide bonds. The predicted octanol–water partition coefficient (Wildman–Crippen LogP) is 3.30. The summed E-state index contributed by atoms with van der Waals surface area (Å²) in [4.78, 5) is 35.8. The van der Waals surface area contributed by atoms with Crippen molar-refractivity contribution in [2.24, 2.45) is 0 Å². The van der Waals surface area contributed by atoms with Crippen LogP contribution in [0, 0.1) is 0 Å². The average Bonchev–Trinajstić information content (AvgIpc) is 2.64. The van der Waals surface area contributed by atoms with Crippen LogP contribution in [0.15, 0.2) is 42.5 Å². The third kappa shape index (κ3) is 6.75. The standard InChI is InChI=1S/C19H18Cl2N2O5/c1-2-27-16-6-4-3-5-15(16)19(26)22-10-18(25)28-11-17(24)23-14-8-12(20)7-13(21)9-14/h3-9H,2,10-11H2,1H3,(H,22,26)(H,23,24). The van der Waals surface area contributed by atoms with Gasteiger partial charge in [-0.2, -0.15) is 0 Å². The maximum atomic E-state index is 12.2. The van der Waals surface area contributed by atoms with E-state index in [0.717, 1.165) is 0 Å². The summed E-state index contributed by atoms with van der Waals surface area (Å²) in [6.45, 7) is 1.29. The van der Waals surface area contributed by atoms with Crippen molar-refractivity contribution < 1.29 is 23.9 Å². The molecule has 2 N–H and O–H groups in total. The minimum absolute atomic E-state index is 0.299. The molecule has 0 fully saturated rings. The van der Waals surface area contributed by atoms with Gasteiger partial charge in [0.05, 0.1) is 12.2 Å². The van der Waals surface area contributed by atoms with Crippen LogP contribution < -0.4 is 15.4 Å². The van der Waals surface area contributed by atoms with Gasteiger partial charge in [-0.1, -0.05) is 35.3 Å². The van der Waals surface area contributed by atoms with Crippen LogP contribution in [0.1, 0.15) is 17.3 Å². The van der Waals surface area contributed by atoms with E-state index in [2.05, 4.69) is 10.6 Å². The summed E-state index contributed by atoms with van der Waals surface area (Å²) in [5, 5.41) is 5.64. The highest BCUT2D eigenvalue weighted by molar-refractivity contribution is 6.35. The highest BCUT2D eigenvalue weighted by Crippen LogP contribution is 2.22. The van der Waals surface area contributed by atoms with E-state index in [0.29, 0.717) is 33.7 Å². The van der Waals surface area contributed by atoms with Gasteiger partial charge in [-0.15, -0.1) is 0 Å². The lowest BCUT2D eigenvalue weighted by atomic mass is 10.2. The molecule has 0 aliphatic rings. The number of amides is 2. The van der Waals surface area contributed by atoms with Crippen molar-refractivity contribution in [3.05, 3.63) is 58.1 Å². The second-order valence-corrected chi connectivity index (χ2v) is 6.35. The van der Waals surface area contributed by atoms with Crippen molar-refractivity contribution in [1.29, 1.82) is 0 Å². The molecular weight excluding hydrogens is 407 g/mol. The summed E-state index contributed by atoms with van der Waals surface area (Å²) in [5.74, 6) is -1.41. The van der Waals surface area contributed by atoms with Gasteiger partial charge in [0, 0.05) is 15.7 Å². The molecule has 0 aliphatic heterocycles. The predicted molar refractivity (Wildman–Crippen MR) is 106 cm³/mol. The van der Waals surface area contributed by atoms with E-state index >= 15 is 0 Å². The first-order valence-electron chi connectivity index (χ1n) is 8.30. The second kappa shape index (κ2) is 10.5. The summed E-state index contributed by atoms with van der Waals surface area (Å²) < 4.78 is 10.2. The lowest BCUT2D eigenvalue weighted by molar-refractivity contribution is -0.146. The molecule has 0 aromatic heterocycles. The smallest absolute Gasteiger partial charge is 0.325 e. The number of halogens is 2. The van der Waals surface area contributed by atoms with Gasteiger partial charge in [-0.3, -0.25) is 14.4 Å². The van der Waals surface area contributed by atoms with Gasteiger partial charge in [-0.05, 0) is 37.3 Å². The van der Waals surface area contributed by atoms with Crippen LogP contribution in [0.2, 0.25) is 10.0 Å². The lowest BCUT2D eigenvalue weighted by Crippen LogP contribution is -2.32. The van der Waals surface area contributed by atoms with Crippen molar-refractivity contribution in [3.8, 4) is 5.75 Å². The molecule has 0 aliphatic carbocycles. The van der Waals surface area contributed by atoms with E-state index in [-0.39, 0.29) is 0 Å². The summed E-state index contributed by atoms with van der Waals surface area (Å²) in [6, 6.07) is 11.2. The molecule has 0 saturated heterocycles. The van der Waals surface area contributed by atoms with E-state index in [1.165, 1.54) is 18.2 Å². The van der Waals surface area contributed by atoms with E-state index in [4.69, 9.17) is 32.7 Å². The Morgan fingerprint density at radius 1 is 1.04 bits per heavy atom. The average molecular weight is 425 g/mol. The number of hydrogen-bond acceptors (Lipinski definition) is 5. The van der Waals surface area contributed by atoms with Crippen LogP contribution in [0.25, 0.3) is 0 Å². The Hall–Kier alpha value is -2.77. The van der Waals surface area contributed by atoms with Crippen molar-refractivity contribution in [3.63, 3.8) is 0 Å². The van der Waals surface area contributed by atoms with Crippen LogP contribution in [0.5, 0.6) is 5.75 Å². The first-order valence-corrected chi connectivity index (χ1v) is 9.06. The highest BCUT2D eigenvalue weighted by atomic mass is 35.5. The number of ether oxygens (including phenoxy) is 2. The molecular formula is C19H18Cl2N2O5. The number of esters is 1. The van der Waals surface area contributed by atoms with Gasteiger partial charge < -0.3 is 20.1 Å². The van der Waals surface area contributed by atoms with E-state index < -0.39 is 30.9 Å². The van der Waals surface area contributed by atoms with Crippen LogP contribution in [0.4, 0.5) is 5.69 Å². The van der Waals surface area contributed by atoms with Crippen LogP contribution in [-0.4, -0.2) is 37.5 Å². The third-order valence-electron chi connectivity index (χ3n) is 3.34. The number of rotatable bonds is 8. The summed E-state index contributed by atoms with van der Waals surface area (Å²) in [5.41, 5.74) is 0.673. The minimum Gasteiger partial charge on any atom is -0.493 e. The SMILES string of the molecule is CCOc1ccccc1C(=O)NCC(=O)OCC(=O)Nc1cc(Cl)cc(Cl)c1. The minimum atomic E-state index is -0.762. The Morgan fingerprint density at radius 2 is 1.71 bits per heavy atom. The van der Waals surface area contributed by atoms with Gasteiger partial charge in [0.15, 0.2) is 6.61 Å². The fourth-order valence-electron chi connectivity index (χ4n) is 2.20. The fraction of sp³-hybridized carbons (Fsp3) is 0.211. The van der Waals surface area contributed by atoms with Crippen molar-refractivity contribution >= 4 is 46.7 Å². The number of benzene rings is 2. The Kier molecular flexibility index (Phi) is 8.10. The molecule has 0 bridgehead atoms. The molecule has 2 aromatic rings. The Labute approximate surface area is 171 Å². The third-order valence-corrected chi connectivity index (χ3v) is 3.77. The number of hydrogen-bond donors (Lipinski definition) is 2. The zero-order valence-corrected chi connectivity index (χ0v) is 16.5. The first kappa shape index (κ1) is 21.5. The topological polar surface area (TPSA) is 93.7 Å². The largest absolute Gasteiger partial charge is 0.493 e. The Bertz CT molecular complexity index is 853. The summed E-state index contributed by atoms with van der Waals surface area (Å²) in [7, 11) is 0. The van der Waals surface area contributed by atoms with Crippen molar-refractivity contribution in [1.82, 2.24) is 5.32 Å². The maximum absolute atomic E-state index is 12.2. The molecule has 2 aromatic carbocycles. The molecule has 2 rings (SSSR count). The van der Waals surface area contributed by atoms with E-state index in [9.17, 15) is 14.4 Å². The van der Waals surface area contributed by atoms with Crippen LogP contribution >= 0.6 is 23.2 Å².